The minimum absolute atomic E-state index is 0.0225. The number of nitrogens with zero attached hydrogens (tertiary/aromatic N) is 3. The Morgan fingerprint density at radius 3 is 2.48 bits per heavy atom. The molecule has 1 aliphatic carbocycles. The lowest BCUT2D eigenvalue weighted by molar-refractivity contribution is -0.119. The van der Waals surface area contributed by atoms with E-state index in [-0.39, 0.29) is 11.5 Å². The molecule has 2 fully saturated rings. The van der Waals surface area contributed by atoms with E-state index in [1.807, 2.05) is 4.90 Å². The summed E-state index contributed by atoms with van der Waals surface area (Å²) in [6, 6.07) is 2.56. The van der Waals surface area contributed by atoms with Gasteiger partial charge in [0, 0.05) is 45.2 Å². The zero-order valence-corrected chi connectivity index (χ0v) is 17.2. The SMILES string of the molecule is CC(=O)NC1CCCCC1.CCN1CCN(c2noc3c(F)cc(F)cc23)CC1. The number of anilines is 1. The highest BCUT2D eigenvalue weighted by atomic mass is 19.1. The van der Waals surface area contributed by atoms with Crippen molar-refractivity contribution in [3.63, 3.8) is 0 Å². The Balaban J connectivity index is 0.000000204. The quantitative estimate of drug-likeness (QED) is 0.839. The molecule has 1 amide bonds. The standard InChI is InChI=1S/C13H15F2N3O.C8H15NO/c1-2-17-3-5-18(6-4-17)13-10-7-9(14)8-11(15)12(10)19-16-13;1-7(10)9-8-5-3-2-4-6-8/h7-8H,2-6H2,1H3;8H,2-6H2,1H3,(H,9,10). The average molecular weight is 408 g/mol. The van der Waals surface area contributed by atoms with Gasteiger partial charge in [-0.1, -0.05) is 31.3 Å². The molecule has 4 rings (SSSR count). The van der Waals surface area contributed by atoms with Gasteiger partial charge in [-0.3, -0.25) is 4.79 Å². The summed E-state index contributed by atoms with van der Waals surface area (Å²) in [5, 5.41) is 7.25. The van der Waals surface area contributed by atoms with Gasteiger partial charge in [0.25, 0.3) is 0 Å². The van der Waals surface area contributed by atoms with Crippen LogP contribution in [0.25, 0.3) is 11.0 Å². The van der Waals surface area contributed by atoms with Crippen LogP contribution in [-0.2, 0) is 4.79 Å². The molecule has 2 aromatic rings. The minimum atomic E-state index is -0.707. The lowest BCUT2D eigenvalue weighted by Gasteiger charge is -2.33. The number of carbonyl (C=O) groups is 1. The van der Waals surface area contributed by atoms with Gasteiger partial charge in [0.1, 0.15) is 5.82 Å². The molecule has 0 bridgehead atoms. The Morgan fingerprint density at radius 1 is 1.17 bits per heavy atom. The fourth-order valence-electron chi connectivity index (χ4n) is 4.00. The van der Waals surface area contributed by atoms with Gasteiger partial charge in [-0.05, 0) is 25.5 Å². The van der Waals surface area contributed by atoms with Crippen LogP contribution in [0.15, 0.2) is 16.7 Å². The summed E-state index contributed by atoms with van der Waals surface area (Å²) in [4.78, 5) is 14.9. The van der Waals surface area contributed by atoms with Crippen molar-refractivity contribution in [3.05, 3.63) is 23.8 Å². The van der Waals surface area contributed by atoms with Crippen molar-refractivity contribution in [2.75, 3.05) is 37.6 Å². The van der Waals surface area contributed by atoms with E-state index in [1.54, 1.807) is 6.92 Å². The van der Waals surface area contributed by atoms with E-state index in [4.69, 9.17) is 4.52 Å². The Hall–Kier alpha value is -2.22. The molecule has 1 N–H and O–H groups in total. The number of benzene rings is 1. The average Bonchev–Trinajstić information content (AvgIpc) is 3.13. The van der Waals surface area contributed by atoms with Crippen molar-refractivity contribution >= 4 is 22.7 Å². The normalized spacial score (nSPS) is 18.4. The van der Waals surface area contributed by atoms with Crippen LogP contribution in [0, 0.1) is 11.6 Å². The van der Waals surface area contributed by atoms with Gasteiger partial charge in [-0.25, -0.2) is 8.78 Å². The monoisotopic (exact) mass is 408 g/mol. The number of piperazine rings is 1. The first-order valence-corrected chi connectivity index (χ1v) is 10.5. The fourth-order valence-corrected chi connectivity index (χ4v) is 4.00. The van der Waals surface area contributed by atoms with Crippen molar-refractivity contribution < 1.29 is 18.1 Å². The van der Waals surface area contributed by atoms with E-state index in [2.05, 4.69) is 22.3 Å². The maximum atomic E-state index is 13.5. The van der Waals surface area contributed by atoms with Crippen LogP contribution in [0.1, 0.15) is 46.0 Å². The van der Waals surface area contributed by atoms with Crippen LogP contribution >= 0.6 is 0 Å². The Labute approximate surface area is 170 Å². The molecule has 0 unspecified atom stereocenters. The molecular weight excluding hydrogens is 378 g/mol. The van der Waals surface area contributed by atoms with E-state index >= 15 is 0 Å². The summed E-state index contributed by atoms with van der Waals surface area (Å²) >= 11 is 0. The highest BCUT2D eigenvalue weighted by Gasteiger charge is 2.22. The van der Waals surface area contributed by atoms with Gasteiger partial charge in [0.05, 0.1) is 5.39 Å². The topological polar surface area (TPSA) is 61.6 Å². The predicted molar refractivity (Wildman–Crippen MR) is 109 cm³/mol. The molecule has 1 aromatic heterocycles. The number of likely N-dealkylation sites (N-methyl/N-ethyl adjacent to an activating group) is 1. The van der Waals surface area contributed by atoms with Gasteiger partial charge < -0.3 is 19.6 Å². The van der Waals surface area contributed by atoms with Crippen LogP contribution in [0.5, 0.6) is 0 Å². The van der Waals surface area contributed by atoms with Gasteiger partial charge in [-0.15, -0.1) is 0 Å². The molecule has 0 spiro atoms. The second-order valence-electron chi connectivity index (χ2n) is 7.73. The smallest absolute Gasteiger partial charge is 0.217 e. The molecule has 29 heavy (non-hydrogen) atoms. The molecule has 1 aliphatic heterocycles. The highest BCUT2D eigenvalue weighted by molar-refractivity contribution is 5.89. The van der Waals surface area contributed by atoms with Gasteiger partial charge >= 0.3 is 0 Å². The summed E-state index contributed by atoms with van der Waals surface area (Å²) in [6.45, 7) is 8.13. The fraction of sp³-hybridized carbons (Fsp3) is 0.619. The van der Waals surface area contributed by atoms with E-state index in [0.717, 1.165) is 38.8 Å². The van der Waals surface area contributed by atoms with Crippen LogP contribution in [0.3, 0.4) is 0 Å². The third-order valence-electron chi connectivity index (χ3n) is 5.60. The lowest BCUT2D eigenvalue weighted by Crippen LogP contribution is -2.46. The summed E-state index contributed by atoms with van der Waals surface area (Å²) < 4.78 is 31.8. The number of nitrogens with one attached hydrogen (secondary N) is 1. The van der Waals surface area contributed by atoms with E-state index < -0.39 is 11.6 Å². The molecule has 0 radical (unpaired) electrons. The van der Waals surface area contributed by atoms with E-state index in [1.165, 1.54) is 38.2 Å². The zero-order valence-electron chi connectivity index (χ0n) is 17.2. The second-order valence-corrected chi connectivity index (χ2v) is 7.73. The molecule has 0 atom stereocenters. The Kier molecular flexibility index (Phi) is 7.41. The van der Waals surface area contributed by atoms with Crippen LogP contribution in [-0.4, -0.2) is 54.7 Å². The Bertz CT molecular complexity index is 812. The summed E-state index contributed by atoms with van der Waals surface area (Å²) in [5.74, 6) is -0.668. The van der Waals surface area contributed by atoms with Crippen molar-refractivity contribution in [2.24, 2.45) is 0 Å². The summed E-state index contributed by atoms with van der Waals surface area (Å²) in [7, 11) is 0. The number of rotatable bonds is 3. The minimum Gasteiger partial charge on any atom is -0.354 e. The van der Waals surface area contributed by atoms with Crippen molar-refractivity contribution in [3.8, 4) is 0 Å². The molecule has 2 heterocycles. The van der Waals surface area contributed by atoms with Gasteiger partial charge in [0.15, 0.2) is 11.6 Å². The highest BCUT2D eigenvalue weighted by Crippen LogP contribution is 2.29. The lowest BCUT2D eigenvalue weighted by atomic mass is 9.95. The Morgan fingerprint density at radius 2 is 1.86 bits per heavy atom. The molecular formula is C21H30F2N4O2. The summed E-state index contributed by atoms with van der Waals surface area (Å²) in [6.07, 6.45) is 6.27. The molecule has 1 aromatic carbocycles. The third-order valence-corrected chi connectivity index (χ3v) is 5.60. The first kappa shape index (κ1) is 21.5. The molecule has 6 nitrogen and oxygen atoms in total. The molecule has 1 saturated carbocycles. The number of hydrogen-bond donors (Lipinski definition) is 1. The largest absolute Gasteiger partial charge is 0.354 e. The van der Waals surface area contributed by atoms with Crippen molar-refractivity contribution in [2.45, 2.75) is 52.0 Å². The number of carbonyl (C=O) groups excluding carboxylic acids is 1. The molecule has 160 valence electrons. The number of aromatic nitrogens is 1. The first-order chi connectivity index (χ1) is 14.0. The second kappa shape index (κ2) is 10.0. The van der Waals surface area contributed by atoms with Crippen molar-refractivity contribution in [1.29, 1.82) is 0 Å². The van der Waals surface area contributed by atoms with Gasteiger partial charge in [0.2, 0.25) is 11.5 Å². The van der Waals surface area contributed by atoms with Crippen LogP contribution in [0.4, 0.5) is 14.6 Å². The molecule has 2 aliphatic rings. The molecule has 8 heteroatoms. The zero-order chi connectivity index (χ0) is 20.8. The third kappa shape index (κ3) is 5.65. The van der Waals surface area contributed by atoms with Crippen LogP contribution in [0.2, 0.25) is 0 Å². The maximum absolute atomic E-state index is 13.5. The maximum Gasteiger partial charge on any atom is 0.217 e. The van der Waals surface area contributed by atoms with Crippen LogP contribution < -0.4 is 10.2 Å². The number of amides is 1. The predicted octanol–water partition coefficient (Wildman–Crippen LogP) is 3.70. The molecule has 1 saturated heterocycles. The van der Waals surface area contributed by atoms with E-state index in [0.29, 0.717) is 17.2 Å². The van der Waals surface area contributed by atoms with Crippen molar-refractivity contribution in [1.82, 2.24) is 15.4 Å². The number of hydrogen-bond acceptors (Lipinski definition) is 5. The number of fused-ring (bicyclic) bond motifs is 1. The summed E-state index contributed by atoms with van der Waals surface area (Å²) in [5.41, 5.74) is 0.0225. The van der Waals surface area contributed by atoms with E-state index in [9.17, 15) is 13.6 Å². The van der Waals surface area contributed by atoms with Gasteiger partial charge in [-0.2, -0.15) is 0 Å². The number of halogens is 2. The first-order valence-electron chi connectivity index (χ1n) is 10.5.